The number of methoxy groups -OCH3 is 1. The Bertz CT molecular complexity index is 1550. The van der Waals surface area contributed by atoms with Gasteiger partial charge in [0.05, 0.1) is 24.5 Å². The zero-order valence-corrected chi connectivity index (χ0v) is 23.9. The molecule has 2 N–H and O–H groups in total. The van der Waals surface area contributed by atoms with Crippen molar-refractivity contribution in [3.63, 3.8) is 0 Å². The van der Waals surface area contributed by atoms with E-state index in [2.05, 4.69) is 15.6 Å². The van der Waals surface area contributed by atoms with Gasteiger partial charge in [0.1, 0.15) is 17.6 Å². The Hall–Kier alpha value is -4.44. The van der Waals surface area contributed by atoms with Crippen LogP contribution < -0.4 is 15.4 Å². The van der Waals surface area contributed by atoms with Gasteiger partial charge >= 0.3 is 0 Å². The Kier molecular flexibility index (Phi) is 8.49. The normalized spacial score (nSPS) is 16.2. The van der Waals surface area contributed by atoms with Gasteiger partial charge in [0.2, 0.25) is 11.8 Å². The molecule has 3 aromatic rings. The number of carbonyl (C=O) groups excluding carboxylic acids is 3. The predicted octanol–water partition coefficient (Wildman–Crippen LogP) is 4.82. The Morgan fingerprint density at radius 3 is 2.63 bits per heavy atom. The van der Waals surface area contributed by atoms with E-state index in [-0.39, 0.29) is 30.7 Å². The Balaban J connectivity index is 1.33. The summed E-state index contributed by atoms with van der Waals surface area (Å²) in [4.78, 5) is 50.6. The van der Waals surface area contributed by atoms with Crippen LogP contribution in [0.15, 0.2) is 82.8 Å². The van der Waals surface area contributed by atoms with Crippen molar-refractivity contribution in [2.24, 2.45) is 9.98 Å². The Morgan fingerprint density at radius 2 is 1.85 bits per heavy atom. The van der Waals surface area contributed by atoms with Crippen molar-refractivity contribution in [2.45, 2.75) is 44.5 Å². The van der Waals surface area contributed by atoms with Crippen LogP contribution in [0.3, 0.4) is 0 Å². The molecule has 41 heavy (non-hydrogen) atoms. The topological polar surface area (TPSA) is 112 Å². The van der Waals surface area contributed by atoms with Gasteiger partial charge in [-0.15, -0.1) is 0 Å². The van der Waals surface area contributed by atoms with Gasteiger partial charge in [-0.05, 0) is 49.2 Å². The monoisotopic (exact) mass is 569 g/mol. The number of aryl methyl sites for hydroxylation is 1. The highest BCUT2D eigenvalue weighted by Gasteiger charge is 2.43. The van der Waals surface area contributed by atoms with Crippen LogP contribution in [-0.2, 0) is 20.9 Å². The van der Waals surface area contributed by atoms with Crippen LogP contribution in [0.2, 0.25) is 0 Å². The Morgan fingerprint density at radius 1 is 1.07 bits per heavy atom. The van der Waals surface area contributed by atoms with E-state index in [0.29, 0.717) is 40.1 Å². The third-order valence-electron chi connectivity index (χ3n) is 6.79. The minimum atomic E-state index is -0.902. The van der Waals surface area contributed by atoms with Crippen LogP contribution in [0.4, 0.5) is 11.4 Å². The standard InChI is InChI=1S/C31H31N5O4S/c1-4-26(29(38)33-21-12-9-10-19(2)16-21)41-31-35-23-14-7-6-13-22(23)28-34-24(30(39)36(28)31)17-27(37)32-18-20-11-5-8-15-25(20)40-3/h5-16,24,26H,4,17-18H2,1-3H3,(H,32,37)(H,33,38)/t24-,26-/m0/s1. The number of benzene rings is 3. The number of amidine groups is 2. The quantitative estimate of drug-likeness (QED) is 0.384. The number of thioether (sulfide) groups is 1. The summed E-state index contributed by atoms with van der Waals surface area (Å²) in [6, 6.07) is 21.5. The molecule has 10 heteroatoms. The zero-order valence-electron chi connectivity index (χ0n) is 23.1. The highest BCUT2D eigenvalue weighted by molar-refractivity contribution is 8.15. The summed E-state index contributed by atoms with van der Waals surface area (Å²) in [7, 11) is 1.58. The fraction of sp³-hybridized carbons (Fsp3) is 0.258. The summed E-state index contributed by atoms with van der Waals surface area (Å²) in [5.41, 5.74) is 3.95. The molecule has 2 aliphatic heterocycles. The first kappa shape index (κ1) is 28.1. The van der Waals surface area contributed by atoms with Gasteiger partial charge in [0, 0.05) is 23.4 Å². The molecule has 0 aliphatic carbocycles. The first-order chi connectivity index (χ1) is 19.9. The number of rotatable bonds is 9. The number of fused-ring (bicyclic) bond motifs is 3. The van der Waals surface area contributed by atoms with E-state index < -0.39 is 11.3 Å². The number of aliphatic imine (C=N–C) groups is 2. The van der Waals surface area contributed by atoms with Crippen molar-refractivity contribution < 1.29 is 19.1 Å². The van der Waals surface area contributed by atoms with E-state index >= 15 is 0 Å². The summed E-state index contributed by atoms with van der Waals surface area (Å²) < 4.78 is 5.36. The third-order valence-corrected chi connectivity index (χ3v) is 8.11. The van der Waals surface area contributed by atoms with Crippen molar-refractivity contribution in [3.05, 3.63) is 89.5 Å². The molecule has 0 radical (unpaired) electrons. The number of carbonyl (C=O) groups is 3. The SMILES string of the molecule is CC[C@H](SC1=Nc2ccccc2C2=N[C@@H](CC(=O)NCc3ccccc3OC)C(=O)N12)C(=O)Nc1cccc(C)c1. The summed E-state index contributed by atoms with van der Waals surface area (Å²) in [5, 5.41) is 5.71. The van der Waals surface area contributed by atoms with Crippen LogP contribution in [-0.4, -0.2) is 52.0 Å². The maximum atomic E-state index is 13.7. The number of para-hydroxylation sites is 2. The van der Waals surface area contributed by atoms with E-state index in [1.807, 2.05) is 86.6 Å². The second-order valence-electron chi connectivity index (χ2n) is 9.72. The lowest BCUT2D eigenvalue weighted by Crippen LogP contribution is -2.43. The van der Waals surface area contributed by atoms with Crippen LogP contribution >= 0.6 is 11.8 Å². The average Bonchev–Trinajstić information content (AvgIpc) is 3.30. The number of anilines is 1. The molecule has 0 fully saturated rings. The van der Waals surface area contributed by atoms with E-state index in [0.717, 1.165) is 11.1 Å². The molecule has 3 aromatic carbocycles. The van der Waals surface area contributed by atoms with Crippen LogP contribution in [0.5, 0.6) is 5.75 Å². The van der Waals surface area contributed by atoms with Crippen LogP contribution in [0.1, 0.15) is 36.5 Å². The number of hydrogen-bond acceptors (Lipinski definition) is 7. The molecule has 0 saturated heterocycles. The number of ether oxygens (including phenoxy) is 1. The lowest BCUT2D eigenvalue weighted by molar-refractivity contribution is -0.128. The minimum absolute atomic E-state index is 0.112. The zero-order chi connectivity index (χ0) is 28.9. The van der Waals surface area contributed by atoms with Crippen LogP contribution in [0.25, 0.3) is 0 Å². The minimum Gasteiger partial charge on any atom is -0.496 e. The first-order valence-electron chi connectivity index (χ1n) is 13.4. The first-order valence-corrected chi connectivity index (χ1v) is 14.3. The molecule has 0 aromatic heterocycles. The van der Waals surface area contributed by atoms with Crippen molar-refractivity contribution in [1.82, 2.24) is 10.2 Å². The highest BCUT2D eigenvalue weighted by atomic mass is 32.2. The molecular formula is C31H31N5O4S. The summed E-state index contributed by atoms with van der Waals surface area (Å²) in [5.74, 6) is 0.291. The number of hydrogen-bond donors (Lipinski definition) is 2. The average molecular weight is 570 g/mol. The molecule has 2 aliphatic rings. The third kappa shape index (κ3) is 6.17. The van der Waals surface area contributed by atoms with Crippen molar-refractivity contribution in [2.75, 3.05) is 12.4 Å². The number of amides is 3. The smallest absolute Gasteiger partial charge is 0.259 e. The molecule has 0 spiro atoms. The molecule has 5 rings (SSSR count). The molecule has 3 amide bonds. The fourth-order valence-corrected chi connectivity index (χ4v) is 5.72. The predicted molar refractivity (Wildman–Crippen MR) is 162 cm³/mol. The molecular weight excluding hydrogens is 538 g/mol. The lowest BCUT2D eigenvalue weighted by Gasteiger charge is -2.27. The summed E-state index contributed by atoms with van der Waals surface area (Å²) in [6.45, 7) is 4.15. The molecule has 0 saturated carbocycles. The fourth-order valence-electron chi connectivity index (χ4n) is 4.70. The maximum Gasteiger partial charge on any atom is 0.259 e. The largest absolute Gasteiger partial charge is 0.496 e. The molecule has 9 nitrogen and oxygen atoms in total. The van der Waals surface area contributed by atoms with Gasteiger partial charge in [-0.2, -0.15) is 0 Å². The molecule has 0 bridgehead atoms. The molecule has 2 atom stereocenters. The lowest BCUT2D eigenvalue weighted by atomic mass is 10.1. The van der Waals surface area contributed by atoms with Gasteiger partial charge in [-0.3, -0.25) is 19.4 Å². The van der Waals surface area contributed by atoms with E-state index in [4.69, 9.17) is 9.73 Å². The molecule has 2 heterocycles. The van der Waals surface area contributed by atoms with E-state index in [1.54, 1.807) is 7.11 Å². The Labute approximate surface area is 243 Å². The van der Waals surface area contributed by atoms with Crippen molar-refractivity contribution >= 4 is 51.9 Å². The van der Waals surface area contributed by atoms with Gasteiger partial charge in [-0.25, -0.2) is 9.89 Å². The van der Waals surface area contributed by atoms with Gasteiger partial charge < -0.3 is 15.4 Å². The summed E-state index contributed by atoms with van der Waals surface area (Å²) in [6.07, 6.45) is 0.408. The molecule has 0 unspecified atom stereocenters. The second-order valence-corrected chi connectivity index (χ2v) is 10.9. The number of nitrogens with one attached hydrogen (secondary N) is 2. The van der Waals surface area contributed by atoms with Gasteiger partial charge in [-0.1, -0.05) is 61.2 Å². The molecule has 210 valence electrons. The van der Waals surface area contributed by atoms with E-state index in [1.165, 1.54) is 16.7 Å². The summed E-state index contributed by atoms with van der Waals surface area (Å²) >= 11 is 1.22. The maximum absolute atomic E-state index is 13.7. The van der Waals surface area contributed by atoms with Crippen molar-refractivity contribution in [3.8, 4) is 5.75 Å². The number of nitrogens with zero attached hydrogens (tertiary/aromatic N) is 3. The van der Waals surface area contributed by atoms with Gasteiger partial charge in [0.15, 0.2) is 5.17 Å². The highest BCUT2D eigenvalue weighted by Crippen LogP contribution is 2.36. The van der Waals surface area contributed by atoms with Crippen molar-refractivity contribution in [1.29, 1.82) is 0 Å². The second kappa shape index (κ2) is 12.4. The van der Waals surface area contributed by atoms with Crippen LogP contribution in [0, 0.1) is 6.92 Å². The van der Waals surface area contributed by atoms with Gasteiger partial charge in [0.25, 0.3) is 5.91 Å². The van der Waals surface area contributed by atoms with E-state index in [9.17, 15) is 14.4 Å².